The number of benzene rings is 2. The van der Waals surface area contributed by atoms with E-state index in [1.807, 2.05) is 67.8 Å². The van der Waals surface area contributed by atoms with E-state index < -0.39 is 18.5 Å². The number of para-hydroxylation sites is 1. The molecule has 4 aromatic rings. The number of methoxy groups -OCH3 is 1. The fourth-order valence-corrected chi connectivity index (χ4v) is 4.24. The number of carbonyl (C=O) groups excluding carboxylic acids is 2. The van der Waals surface area contributed by atoms with E-state index in [-0.39, 0.29) is 6.61 Å². The SMILES string of the molecule is COCc1nc2ccccc2c(C)c1C(=O)OCC(=O)Nc1nc(-c2ccc(C)cc2)cs1. The van der Waals surface area contributed by atoms with Gasteiger partial charge in [0.1, 0.15) is 0 Å². The number of ether oxygens (including phenoxy) is 2. The molecule has 2 aromatic carbocycles. The van der Waals surface area contributed by atoms with Gasteiger partial charge in [-0.3, -0.25) is 10.1 Å². The smallest absolute Gasteiger partial charge is 0.340 e. The summed E-state index contributed by atoms with van der Waals surface area (Å²) in [5.74, 6) is -1.08. The molecule has 7 nitrogen and oxygen atoms in total. The van der Waals surface area contributed by atoms with Gasteiger partial charge in [0.15, 0.2) is 11.7 Å². The molecular formula is C25H23N3O4S. The molecular weight excluding hydrogens is 438 g/mol. The second kappa shape index (κ2) is 9.89. The molecule has 4 rings (SSSR count). The van der Waals surface area contributed by atoms with Crippen molar-refractivity contribution >= 4 is 39.2 Å². The lowest BCUT2D eigenvalue weighted by molar-refractivity contribution is -0.119. The van der Waals surface area contributed by atoms with Gasteiger partial charge in [0.2, 0.25) is 0 Å². The van der Waals surface area contributed by atoms with E-state index in [1.54, 1.807) is 0 Å². The highest BCUT2D eigenvalue weighted by Gasteiger charge is 2.21. The molecule has 0 radical (unpaired) electrons. The number of rotatable bonds is 7. The van der Waals surface area contributed by atoms with Gasteiger partial charge in [0.25, 0.3) is 5.91 Å². The molecule has 1 amide bonds. The van der Waals surface area contributed by atoms with Crippen LogP contribution in [0.5, 0.6) is 0 Å². The van der Waals surface area contributed by atoms with Gasteiger partial charge in [-0.2, -0.15) is 0 Å². The number of carbonyl (C=O) groups is 2. The summed E-state index contributed by atoms with van der Waals surface area (Å²) in [5.41, 5.74) is 5.20. The van der Waals surface area contributed by atoms with Crippen molar-refractivity contribution in [1.82, 2.24) is 9.97 Å². The summed E-state index contributed by atoms with van der Waals surface area (Å²) in [6, 6.07) is 15.5. The zero-order valence-electron chi connectivity index (χ0n) is 18.5. The molecule has 2 aromatic heterocycles. The van der Waals surface area contributed by atoms with Crippen LogP contribution in [0.4, 0.5) is 5.13 Å². The number of esters is 1. The van der Waals surface area contributed by atoms with Crippen LogP contribution < -0.4 is 5.32 Å². The Labute approximate surface area is 195 Å². The van der Waals surface area contributed by atoms with E-state index >= 15 is 0 Å². The van der Waals surface area contributed by atoms with Crippen LogP contribution in [0, 0.1) is 13.8 Å². The van der Waals surface area contributed by atoms with E-state index in [0.717, 1.165) is 33.3 Å². The molecule has 33 heavy (non-hydrogen) atoms. The number of nitrogens with one attached hydrogen (secondary N) is 1. The van der Waals surface area contributed by atoms with Crippen molar-refractivity contribution in [3.8, 4) is 11.3 Å². The number of anilines is 1. The molecule has 0 unspecified atom stereocenters. The quantitative estimate of drug-likeness (QED) is 0.393. The second-order valence-electron chi connectivity index (χ2n) is 7.54. The topological polar surface area (TPSA) is 90.4 Å². The number of aryl methyl sites for hydroxylation is 2. The third kappa shape index (κ3) is 5.08. The Morgan fingerprint density at radius 1 is 1.03 bits per heavy atom. The number of fused-ring (bicyclic) bond motifs is 1. The summed E-state index contributed by atoms with van der Waals surface area (Å²) in [5, 5.41) is 5.84. The largest absolute Gasteiger partial charge is 0.452 e. The van der Waals surface area contributed by atoms with Gasteiger partial charge in [-0.25, -0.2) is 14.8 Å². The van der Waals surface area contributed by atoms with Gasteiger partial charge in [-0.05, 0) is 25.5 Å². The number of hydrogen-bond donors (Lipinski definition) is 1. The molecule has 0 spiro atoms. The van der Waals surface area contributed by atoms with E-state index in [9.17, 15) is 9.59 Å². The number of thiazole rings is 1. The van der Waals surface area contributed by atoms with Gasteiger partial charge in [-0.15, -0.1) is 11.3 Å². The Balaban J connectivity index is 1.44. The summed E-state index contributed by atoms with van der Waals surface area (Å²) in [6.07, 6.45) is 0. The normalized spacial score (nSPS) is 10.9. The molecule has 0 saturated carbocycles. The Hall–Kier alpha value is -3.62. The minimum Gasteiger partial charge on any atom is -0.452 e. The fourth-order valence-electron chi connectivity index (χ4n) is 3.50. The Bertz CT molecular complexity index is 1320. The maximum atomic E-state index is 12.9. The second-order valence-corrected chi connectivity index (χ2v) is 8.39. The molecule has 0 atom stereocenters. The number of amides is 1. The first-order valence-corrected chi connectivity index (χ1v) is 11.2. The average molecular weight is 462 g/mol. The molecule has 0 bridgehead atoms. The number of aromatic nitrogens is 2. The lowest BCUT2D eigenvalue weighted by Crippen LogP contribution is -2.22. The van der Waals surface area contributed by atoms with Crippen molar-refractivity contribution in [2.75, 3.05) is 19.0 Å². The number of nitrogens with zero attached hydrogens (tertiary/aromatic N) is 2. The maximum Gasteiger partial charge on any atom is 0.340 e. The van der Waals surface area contributed by atoms with Crippen molar-refractivity contribution in [3.05, 3.63) is 76.3 Å². The van der Waals surface area contributed by atoms with Crippen molar-refractivity contribution in [2.45, 2.75) is 20.5 Å². The highest BCUT2D eigenvalue weighted by atomic mass is 32.1. The van der Waals surface area contributed by atoms with E-state index in [1.165, 1.54) is 18.4 Å². The van der Waals surface area contributed by atoms with Crippen LogP contribution in [0.15, 0.2) is 53.9 Å². The minimum atomic E-state index is -0.618. The zero-order chi connectivity index (χ0) is 23.4. The van der Waals surface area contributed by atoms with Gasteiger partial charge < -0.3 is 9.47 Å². The monoisotopic (exact) mass is 461 g/mol. The van der Waals surface area contributed by atoms with Gasteiger partial charge >= 0.3 is 5.97 Å². The predicted molar refractivity (Wildman–Crippen MR) is 128 cm³/mol. The molecule has 0 saturated heterocycles. The first-order chi connectivity index (χ1) is 16.0. The summed E-state index contributed by atoms with van der Waals surface area (Å²) in [4.78, 5) is 34.2. The van der Waals surface area contributed by atoms with Crippen molar-refractivity contribution < 1.29 is 19.1 Å². The summed E-state index contributed by atoms with van der Waals surface area (Å²) >= 11 is 1.31. The third-order valence-electron chi connectivity index (χ3n) is 5.14. The van der Waals surface area contributed by atoms with Crippen LogP contribution >= 0.6 is 11.3 Å². The zero-order valence-corrected chi connectivity index (χ0v) is 19.4. The van der Waals surface area contributed by atoms with Crippen LogP contribution in [0.3, 0.4) is 0 Å². The molecule has 0 fully saturated rings. The lowest BCUT2D eigenvalue weighted by Gasteiger charge is -2.13. The van der Waals surface area contributed by atoms with Gasteiger partial charge in [0, 0.05) is 23.4 Å². The summed E-state index contributed by atoms with van der Waals surface area (Å²) in [7, 11) is 1.54. The first kappa shape index (κ1) is 22.6. The Morgan fingerprint density at radius 3 is 2.55 bits per heavy atom. The van der Waals surface area contributed by atoms with Crippen molar-refractivity contribution in [3.63, 3.8) is 0 Å². The molecule has 0 aliphatic carbocycles. The first-order valence-electron chi connectivity index (χ1n) is 10.3. The molecule has 8 heteroatoms. The summed E-state index contributed by atoms with van der Waals surface area (Å²) < 4.78 is 10.5. The predicted octanol–water partition coefficient (Wildman–Crippen LogP) is 4.92. The van der Waals surface area contributed by atoms with E-state index in [0.29, 0.717) is 16.4 Å². The molecule has 2 heterocycles. The fraction of sp³-hybridized carbons (Fsp3) is 0.200. The Morgan fingerprint density at radius 2 is 1.79 bits per heavy atom. The van der Waals surface area contributed by atoms with Gasteiger partial charge in [-0.1, -0.05) is 48.0 Å². The molecule has 1 N–H and O–H groups in total. The average Bonchev–Trinajstić information content (AvgIpc) is 3.27. The van der Waals surface area contributed by atoms with Crippen LogP contribution in [0.25, 0.3) is 22.2 Å². The summed E-state index contributed by atoms with van der Waals surface area (Å²) in [6.45, 7) is 3.58. The standard InChI is InChI=1S/C25H23N3O4S/c1-15-8-10-17(11-9-15)21-14-33-25(27-21)28-22(29)13-32-24(30)23-16(2)18-6-4-5-7-19(18)26-20(23)12-31-3/h4-11,14H,12-13H2,1-3H3,(H,27,28,29). The Kier molecular flexibility index (Phi) is 6.76. The minimum absolute atomic E-state index is 0.156. The van der Waals surface area contributed by atoms with Crippen molar-refractivity contribution in [1.29, 1.82) is 0 Å². The van der Waals surface area contributed by atoms with Crippen LogP contribution in [-0.2, 0) is 20.9 Å². The number of hydrogen-bond acceptors (Lipinski definition) is 7. The van der Waals surface area contributed by atoms with Crippen LogP contribution in [-0.4, -0.2) is 35.6 Å². The molecule has 0 aliphatic rings. The highest BCUT2D eigenvalue weighted by molar-refractivity contribution is 7.14. The van der Waals surface area contributed by atoms with Crippen LogP contribution in [0.2, 0.25) is 0 Å². The lowest BCUT2D eigenvalue weighted by atomic mass is 10.0. The van der Waals surface area contributed by atoms with Gasteiger partial charge in [0.05, 0.1) is 29.1 Å². The van der Waals surface area contributed by atoms with E-state index in [2.05, 4.69) is 15.3 Å². The highest BCUT2D eigenvalue weighted by Crippen LogP contribution is 2.26. The van der Waals surface area contributed by atoms with E-state index in [4.69, 9.17) is 9.47 Å². The van der Waals surface area contributed by atoms with Crippen LogP contribution in [0.1, 0.15) is 27.2 Å². The molecule has 168 valence electrons. The molecule has 0 aliphatic heterocycles. The third-order valence-corrected chi connectivity index (χ3v) is 5.90. The number of pyridine rings is 1. The maximum absolute atomic E-state index is 12.9. The van der Waals surface area contributed by atoms with Crippen molar-refractivity contribution in [2.24, 2.45) is 0 Å².